The first-order valence-electron chi connectivity index (χ1n) is 4.67. The van der Waals surface area contributed by atoms with Crippen molar-refractivity contribution in [1.29, 1.82) is 0 Å². The van der Waals surface area contributed by atoms with Crippen LogP contribution in [0.25, 0.3) is 11.3 Å². The molecule has 0 unspecified atom stereocenters. The maximum absolute atomic E-state index is 5.64. The highest BCUT2D eigenvalue weighted by Crippen LogP contribution is 2.27. The Bertz CT molecular complexity index is 466. The average Bonchev–Trinajstić information content (AvgIpc) is 2.29. The van der Waals surface area contributed by atoms with Gasteiger partial charge in [-0.3, -0.25) is 4.98 Å². The van der Waals surface area contributed by atoms with Gasteiger partial charge in [-0.1, -0.05) is 18.2 Å². The Morgan fingerprint density at radius 1 is 1.07 bits per heavy atom. The standard InChI is InChI=1S/C13H11NO/c1-10-6-5-8-12(14-10)11-7-3-4-9-13(11)15-2/h1,3-9H,2H3. The van der Waals surface area contributed by atoms with Gasteiger partial charge in [-0.2, -0.15) is 0 Å². The van der Waals surface area contributed by atoms with Crippen LogP contribution in [0, 0.1) is 6.92 Å². The van der Waals surface area contributed by atoms with Gasteiger partial charge in [-0.15, -0.1) is 0 Å². The van der Waals surface area contributed by atoms with Crippen LogP contribution in [-0.2, 0) is 0 Å². The molecule has 1 heterocycles. The van der Waals surface area contributed by atoms with E-state index in [1.165, 1.54) is 0 Å². The number of benzene rings is 1. The van der Waals surface area contributed by atoms with Gasteiger partial charge in [0.1, 0.15) is 5.75 Å². The van der Waals surface area contributed by atoms with Crippen LogP contribution in [0.15, 0.2) is 42.5 Å². The molecule has 74 valence electrons. The molecule has 0 aliphatic rings. The van der Waals surface area contributed by atoms with Crippen molar-refractivity contribution in [1.82, 2.24) is 4.98 Å². The fraction of sp³-hybridized carbons (Fsp3) is 0.0769. The van der Waals surface area contributed by atoms with E-state index in [1.54, 1.807) is 13.2 Å². The fourth-order valence-corrected chi connectivity index (χ4v) is 1.46. The van der Waals surface area contributed by atoms with Crippen molar-refractivity contribution < 1.29 is 4.74 Å². The zero-order valence-electron chi connectivity index (χ0n) is 8.47. The van der Waals surface area contributed by atoms with Gasteiger partial charge >= 0.3 is 0 Å². The minimum Gasteiger partial charge on any atom is -0.496 e. The minimum absolute atomic E-state index is 0.512. The number of rotatable bonds is 2. The predicted molar refractivity (Wildman–Crippen MR) is 59.6 cm³/mol. The van der Waals surface area contributed by atoms with E-state index < -0.39 is 0 Å². The van der Waals surface area contributed by atoms with Crippen molar-refractivity contribution in [3.8, 4) is 17.0 Å². The lowest BCUT2D eigenvalue weighted by Crippen LogP contribution is -1.90. The van der Waals surface area contributed by atoms with Crippen molar-refractivity contribution in [2.75, 3.05) is 7.11 Å². The monoisotopic (exact) mass is 197 g/mol. The van der Waals surface area contributed by atoms with Crippen LogP contribution in [0.5, 0.6) is 5.75 Å². The van der Waals surface area contributed by atoms with Gasteiger partial charge < -0.3 is 4.74 Å². The summed E-state index contributed by atoms with van der Waals surface area (Å²) in [6, 6.07) is 13.3. The van der Waals surface area contributed by atoms with Crippen molar-refractivity contribution in [3.63, 3.8) is 0 Å². The maximum atomic E-state index is 5.64. The minimum atomic E-state index is 0.512. The Morgan fingerprint density at radius 3 is 2.60 bits per heavy atom. The molecule has 0 atom stereocenters. The molecular weight excluding hydrogens is 186 g/mol. The first-order valence-corrected chi connectivity index (χ1v) is 4.67. The molecule has 2 aromatic rings. The van der Waals surface area contributed by atoms with Crippen LogP contribution in [0.2, 0.25) is 0 Å². The number of methoxy groups -OCH3 is 1. The summed E-state index contributed by atoms with van der Waals surface area (Å²) < 4.78 is 5.26. The van der Waals surface area contributed by atoms with Gasteiger partial charge in [-0.25, -0.2) is 0 Å². The fourth-order valence-electron chi connectivity index (χ4n) is 1.46. The highest BCUT2D eigenvalue weighted by molar-refractivity contribution is 5.67. The van der Waals surface area contributed by atoms with Crippen molar-refractivity contribution in [2.45, 2.75) is 0 Å². The number of hydrogen-bond acceptors (Lipinski definition) is 2. The molecule has 2 rings (SSSR count). The van der Waals surface area contributed by atoms with E-state index in [-0.39, 0.29) is 0 Å². The molecule has 15 heavy (non-hydrogen) atoms. The second-order valence-corrected chi connectivity index (χ2v) is 3.15. The molecule has 1 aromatic carbocycles. The van der Waals surface area contributed by atoms with E-state index in [1.807, 2.05) is 36.4 Å². The zero-order valence-corrected chi connectivity index (χ0v) is 8.47. The van der Waals surface area contributed by atoms with E-state index >= 15 is 0 Å². The third-order valence-electron chi connectivity index (χ3n) is 2.15. The number of pyridine rings is 1. The smallest absolute Gasteiger partial charge is 0.128 e. The summed E-state index contributed by atoms with van der Waals surface area (Å²) in [5, 5.41) is 0. The molecule has 0 bridgehead atoms. The van der Waals surface area contributed by atoms with E-state index in [4.69, 9.17) is 11.7 Å². The second kappa shape index (κ2) is 4.13. The zero-order chi connectivity index (χ0) is 10.7. The number of para-hydroxylation sites is 1. The van der Waals surface area contributed by atoms with Crippen molar-refractivity contribution in [3.05, 3.63) is 55.1 Å². The number of nitrogens with zero attached hydrogens (tertiary/aromatic N) is 1. The Hall–Kier alpha value is -1.83. The molecule has 1 aromatic heterocycles. The summed E-state index contributed by atoms with van der Waals surface area (Å²) in [4.78, 5) is 4.25. The van der Waals surface area contributed by atoms with Gasteiger partial charge in [0.2, 0.25) is 0 Å². The first kappa shape index (κ1) is 9.71. The molecule has 0 aliphatic heterocycles. The van der Waals surface area contributed by atoms with Gasteiger partial charge in [0.25, 0.3) is 0 Å². The summed E-state index contributed by atoms with van der Waals surface area (Å²) in [6.07, 6.45) is 0. The third kappa shape index (κ3) is 1.99. The average molecular weight is 197 g/mol. The van der Waals surface area contributed by atoms with E-state index in [9.17, 15) is 0 Å². The SMILES string of the molecule is [CH]c1cccc(-c2ccccc2OC)n1. The summed E-state index contributed by atoms with van der Waals surface area (Å²) in [5.41, 5.74) is 2.29. The molecule has 2 radical (unpaired) electrons. The molecule has 0 spiro atoms. The quantitative estimate of drug-likeness (QED) is 0.738. The largest absolute Gasteiger partial charge is 0.496 e. The van der Waals surface area contributed by atoms with Crippen LogP contribution in [0.1, 0.15) is 5.69 Å². The summed E-state index contributed by atoms with van der Waals surface area (Å²) in [7, 11) is 1.64. The van der Waals surface area contributed by atoms with Gasteiger partial charge in [0.15, 0.2) is 0 Å². The maximum Gasteiger partial charge on any atom is 0.128 e. The summed E-state index contributed by atoms with van der Waals surface area (Å²) in [5.74, 6) is 0.801. The van der Waals surface area contributed by atoms with Crippen LogP contribution in [0.4, 0.5) is 0 Å². The van der Waals surface area contributed by atoms with Gasteiger partial charge in [0, 0.05) is 18.2 Å². The molecule has 0 saturated heterocycles. The second-order valence-electron chi connectivity index (χ2n) is 3.15. The molecule has 2 nitrogen and oxygen atoms in total. The molecule has 2 heteroatoms. The van der Waals surface area contributed by atoms with E-state index in [0.717, 1.165) is 17.0 Å². The first-order chi connectivity index (χ1) is 7.31. The van der Waals surface area contributed by atoms with Crippen LogP contribution < -0.4 is 4.74 Å². The van der Waals surface area contributed by atoms with Crippen LogP contribution in [0.3, 0.4) is 0 Å². The predicted octanol–water partition coefficient (Wildman–Crippen LogP) is 2.82. The topological polar surface area (TPSA) is 22.1 Å². The molecule has 0 amide bonds. The summed E-state index contributed by atoms with van der Waals surface area (Å²) >= 11 is 0. The molecule has 0 N–H and O–H groups in total. The molecule has 0 aliphatic carbocycles. The highest BCUT2D eigenvalue weighted by atomic mass is 16.5. The van der Waals surface area contributed by atoms with Crippen molar-refractivity contribution >= 4 is 0 Å². The van der Waals surface area contributed by atoms with E-state index in [0.29, 0.717) is 5.69 Å². The molecule has 0 saturated carbocycles. The van der Waals surface area contributed by atoms with Gasteiger partial charge in [-0.05, 0) is 24.3 Å². The van der Waals surface area contributed by atoms with E-state index in [2.05, 4.69) is 4.98 Å². The molecule has 0 fully saturated rings. The lowest BCUT2D eigenvalue weighted by atomic mass is 10.1. The number of ether oxygens (including phenoxy) is 1. The molecular formula is C13H11NO. The lowest BCUT2D eigenvalue weighted by molar-refractivity contribution is 0.416. The van der Waals surface area contributed by atoms with Crippen LogP contribution in [-0.4, -0.2) is 12.1 Å². The Labute approximate surface area is 89.6 Å². The highest BCUT2D eigenvalue weighted by Gasteiger charge is 2.05. The number of hydrogen-bond donors (Lipinski definition) is 0. The number of aromatic nitrogens is 1. The van der Waals surface area contributed by atoms with Crippen LogP contribution >= 0.6 is 0 Å². The van der Waals surface area contributed by atoms with Gasteiger partial charge in [0.05, 0.1) is 12.8 Å². The lowest BCUT2D eigenvalue weighted by Gasteiger charge is -2.07. The summed E-state index contributed by atoms with van der Waals surface area (Å²) in [6.45, 7) is 5.64. The Morgan fingerprint density at radius 2 is 1.87 bits per heavy atom. The Balaban J connectivity index is 2.53. The Kier molecular flexibility index (Phi) is 2.68. The normalized spacial score (nSPS) is 10.0. The van der Waals surface area contributed by atoms with Crippen molar-refractivity contribution in [2.24, 2.45) is 0 Å². The third-order valence-corrected chi connectivity index (χ3v) is 2.15.